The third-order valence-corrected chi connectivity index (χ3v) is 4.40. The summed E-state index contributed by atoms with van der Waals surface area (Å²) in [5.41, 5.74) is 2.09. The second-order valence-corrected chi connectivity index (χ2v) is 6.28. The van der Waals surface area contributed by atoms with Crippen LogP contribution in [-0.4, -0.2) is 14.2 Å². The van der Waals surface area contributed by atoms with E-state index in [1.54, 1.807) is 19.1 Å². The molecule has 0 spiro atoms. The molecule has 0 radical (unpaired) electrons. The lowest BCUT2D eigenvalue weighted by Crippen LogP contribution is -2.22. The fourth-order valence-corrected chi connectivity index (χ4v) is 2.87. The maximum absolute atomic E-state index is 13.8. The van der Waals surface area contributed by atoms with Crippen molar-refractivity contribution in [3.63, 3.8) is 0 Å². The number of hydrogen-bond donors (Lipinski definition) is 0. The molecule has 0 saturated carbocycles. The van der Waals surface area contributed by atoms with E-state index in [1.807, 2.05) is 48.5 Å². The van der Waals surface area contributed by atoms with E-state index >= 15 is 0 Å². The van der Waals surface area contributed by atoms with Gasteiger partial charge in [0.25, 0.3) is 0 Å². The van der Waals surface area contributed by atoms with E-state index in [9.17, 15) is 13.2 Å². The highest BCUT2D eigenvalue weighted by Crippen LogP contribution is 2.26. The quantitative estimate of drug-likeness (QED) is 0.512. The number of methoxy groups -OCH3 is 2. The summed E-state index contributed by atoms with van der Waals surface area (Å²) in [5.74, 6) is -2.49. The Morgan fingerprint density at radius 1 is 0.679 bits per heavy atom. The number of benzene rings is 3. The first-order chi connectivity index (χ1) is 13.5. The molecule has 0 aromatic heterocycles. The zero-order chi connectivity index (χ0) is 20.1. The topological polar surface area (TPSA) is 21.7 Å². The summed E-state index contributed by atoms with van der Waals surface area (Å²) in [6.45, 7) is 0.751. The van der Waals surface area contributed by atoms with Gasteiger partial charge in [0.1, 0.15) is 11.5 Å². The highest BCUT2D eigenvalue weighted by molar-refractivity contribution is 5.49. The SMILES string of the molecule is COc1ccc(CN(Cc2ccc(OC)cc2)c2cc(F)c(F)c(F)c2)cc1. The predicted octanol–water partition coefficient (Wildman–Crippen LogP) is 5.33. The van der Waals surface area contributed by atoms with Crippen molar-refractivity contribution in [3.8, 4) is 11.5 Å². The molecule has 3 aromatic rings. The van der Waals surface area contributed by atoms with Crippen molar-refractivity contribution in [1.29, 1.82) is 0 Å². The van der Waals surface area contributed by atoms with E-state index in [2.05, 4.69) is 0 Å². The molecule has 0 heterocycles. The molecule has 0 amide bonds. The Morgan fingerprint density at radius 2 is 1.07 bits per heavy atom. The molecule has 28 heavy (non-hydrogen) atoms. The first kappa shape index (κ1) is 19.6. The van der Waals surface area contributed by atoms with Crippen LogP contribution >= 0.6 is 0 Å². The summed E-state index contributed by atoms with van der Waals surface area (Å²) in [5, 5.41) is 0. The molecule has 0 N–H and O–H groups in total. The minimum atomic E-state index is -1.47. The molecule has 0 fully saturated rings. The molecule has 0 bridgehead atoms. The zero-order valence-corrected chi connectivity index (χ0v) is 15.6. The molecule has 0 saturated heterocycles. The Morgan fingerprint density at radius 3 is 1.43 bits per heavy atom. The fourth-order valence-electron chi connectivity index (χ4n) is 2.87. The third kappa shape index (κ3) is 4.57. The first-order valence-corrected chi connectivity index (χ1v) is 8.65. The van der Waals surface area contributed by atoms with E-state index < -0.39 is 17.5 Å². The van der Waals surface area contributed by atoms with Gasteiger partial charge in [0.2, 0.25) is 0 Å². The molecule has 0 aliphatic rings. The highest BCUT2D eigenvalue weighted by Gasteiger charge is 2.16. The van der Waals surface area contributed by atoms with E-state index in [-0.39, 0.29) is 5.69 Å². The molecule has 146 valence electrons. The number of hydrogen-bond acceptors (Lipinski definition) is 3. The van der Waals surface area contributed by atoms with Crippen molar-refractivity contribution < 1.29 is 22.6 Å². The Hall–Kier alpha value is -3.15. The smallest absolute Gasteiger partial charge is 0.194 e. The maximum atomic E-state index is 13.8. The molecule has 0 aliphatic carbocycles. The molecule has 0 unspecified atom stereocenters. The normalized spacial score (nSPS) is 10.6. The lowest BCUT2D eigenvalue weighted by molar-refractivity contribution is 0.414. The molecular formula is C22H20F3NO2. The summed E-state index contributed by atoms with van der Waals surface area (Å²) < 4.78 is 51.3. The third-order valence-electron chi connectivity index (χ3n) is 4.40. The molecule has 0 atom stereocenters. The van der Waals surface area contributed by atoms with Crippen LogP contribution in [-0.2, 0) is 13.1 Å². The highest BCUT2D eigenvalue weighted by atomic mass is 19.2. The standard InChI is InChI=1S/C22H20F3NO2/c1-27-18-7-3-15(4-8-18)13-26(14-16-5-9-19(28-2)10-6-16)17-11-20(23)22(25)21(24)12-17/h3-12H,13-14H2,1-2H3. The number of ether oxygens (including phenoxy) is 2. The van der Waals surface area contributed by atoms with Gasteiger partial charge in [-0.3, -0.25) is 0 Å². The second kappa shape index (κ2) is 8.69. The second-order valence-electron chi connectivity index (χ2n) is 6.28. The van der Waals surface area contributed by atoms with Gasteiger partial charge in [-0.2, -0.15) is 0 Å². The van der Waals surface area contributed by atoms with Crippen molar-refractivity contribution in [1.82, 2.24) is 0 Å². The van der Waals surface area contributed by atoms with Crippen LogP contribution in [0.5, 0.6) is 11.5 Å². The van der Waals surface area contributed by atoms with Gasteiger partial charge in [0.05, 0.1) is 14.2 Å². The van der Waals surface area contributed by atoms with Gasteiger partial charge < -0.3 is 14.4 Å². The van der Waals surface area contributed by atoms with Crippen molar-refractivity contribution >= 4 is 5.69 Å². The van der Waals surface area contributed by atoms with Crippen molar-refractivity contribution in [2.24, 2.45) is 0 Å². The number of rotatable bonds is 7. The van der Waals surface area contributed by atoms with E-state index in [1.165, 1.54) is 0 Å². The van der Waals surface area contributed by atoms with Gasteiger partial charge in [-0.15, -0.1) is 0 Å². The van der Waals surface area contributed by atoms with Gasteiger partial charge in [0.15, 0.2) is 17.5 Å². The predicted molar refractivity (Wildman–Crippen MR) is 102 cm³/mol. The largest absolute Gasteiger partial charge is 0.497 e. The molecule has 3 rings (SSSR count). The van der Waals surface area contributed by atoms with E-state index in [0.717, 1.165) is 23.3 Å². The van der Waals surface area contributed by atoms with Gasteiger partial charge >= 0.3 is 0 Å². The number of halogens is 3. The average Bonchev–Trinajstić information content (AvgIpc) is 2.72. The van der Waals surface area contributed by atoms with Crippen LogP contribution in [0.2, 0.25) is 0 Å². The number of nitrogens with zero attached hydrogens (tertiary/aromatic N) is 1. The Labute approximate surface area is 161 Å². The summed E-state index contributed by atoms with van der Waals surface area (Å²) in [6.07, 6.45) is 0. The minimum Gasteiger partial charge on any atom is -0.497 e. The minimum absolute atomic E-state index is 0.253. The van der Waals surface area contributed by atoms with Gasteiger partial charge in [-0.25, -0.2) is 13.2 Å². The van der Waals surface area contributed by atoms with Crippen LogP contribution in [0.3, 0.4) is 0 Å². The van der Waals surface area contributed by atoms with Gasteiger partial charge in [0, 0.05) is 30.9 Å². The van der Waals surface area contributed by atoms with E-state index in [0.29, 0.717) is 24.6 Å². The Balaban J connectivity index is 1.92. The Bertz CT molecular complexity index is 855. The van der Waals surface area contributed by atoms with Crippen LogP contribution in [0.4, 0.5) is 18.9 Å². The first-order valence-electron chi connectivity index (χ1n) is 8.65. The van der Waals surface area contributed by atoms with Crippen molar-refractivity contribution in [2.45, 2.75) is 13.1 Å². The number of anilines is 1. The van der Waals surface area contributed by atoms with Crippen LogP contribution in [0, 0.1) is 17.5 Å². The average molecular weight is 387 g/mol. The van der Waals surface area contributed by atoms with Crippen LogP contribution < -0.4 is 14.4 Å². The molecular weight excluding hydrogens is 367 g/mol. The molecule has 3 aromatic carbocycles. The summed E-state index contributed by atoms with van der Waals surface area (Å²) >= 11 is 0. The zero-order valence-electron chi connectivity index (χ0n) is 15.6. The summed E-state index contributed by atoms with van der Waals surface area (Å²) in [4.78, 5) is 1.77. The maximum Gasteiger partial charge on any atom is 0.194 e. The van der Waals surface area contributed by atoms with Crippen LogP contribution in [0.1, 0.15) is 11.1 Å². The van der Waals surface area contributed by atoms with Gasteiger partial charge in [-0.1, -0.05) is 24.3 Å². The van der Waals surface area contributed by atoms with Crippen molar-refractivity contribution in [2.75, 3.05) is 19.1 Å². The monoisotopic (exact) mass is 387 g/mol. The van der Waals surface area contributed by atoms with E-state index in [4.69, 9.17) is 9.47 Å². The lowest BCUT2D eigenvalue weighted by Gasteiger charge is -2.26. The molecule has 3 nitrogen and oxygen atoms in total. The lowest BCUT2D eigenvalue weighted by atomic mass is 10.1. The van der Waals surface area contributed by atoms with Gasteiger partial charge in [-0.05, 0) is 35.4 Å². The molecule has 0 aliphatic heterocycles. The van der Waals surface area contributed by atoms with Crippen LogP contribution in [0.25, 0.3) is 0 Å². The fraction of sp³-hybridized carbons (Fsp3) is 0.182. The van der Waals surface area contributed by atoms with Crippen LogP contribution in [0.15, 0.2) is 60.7 Å². The van der Waals surface area contributed by atoms with Crippen molar-refractivity contribution in [3.05, 3.63) is 89.2 Å². The Kier molecular flexibility index (Phi) is 6.09. The summed E-state index contributed by atoms with van der Waals surface area (Å²) in [7, 11) is 3.16. The summed E-state index contributed by atoms with van der Waals surface area (Å²) in [6, 6.07) is 16.7. The molecule has 6 heteroatoms.